The first-order chi connectivity index (χ1) is 8.28. The molecular formula is C9H6ClF3INO3. The lowest BCUT2D eigenvalue weighted by Gasteiger charge is -2.13. The van der Waals surface area contributed by atoms with Crippen LogP contribution in [0, 0.1) is 3.70 Å². The summed E-state index contributed by atoms with van der Waals surface area (Å²) in [5.74, 6) is -2.03. The van der Waals surface area contributed by atoms with Crippen molar-refractivity contribution in [3.8, 4) is 5.88 Å². The summed E-state index contributed by atoms with van der Waals surface area (Å²) >= 11 is 7.26. The fraction of sp³-hybridized carbons (Fsp3) is 0.333. The van der Waals surface area contributed by atoms with Crippen molar-refractivity contribution in [3.63, 3.8) is 0 Å². The minimum absolute atomic E-state index is 0.155. The molecule has 0 saturated carbocycles. The Balaban J connectivity index is 3.37. The highest BCUT2D eigenvalue weighted by atomic mass is 127. The van der Waals surface area contributed by atoms with E-state index in [0.717, 1.165) is 7.11 Å². The van der Waals surface area contributed by atoms with Gasteiger partial charge in [0.15, 0.2) is 0 Å². The Morgan fingerprint density at radius 1 is 1.56 bits per heavy atom. The number of hydrogen-bond acceptors (Lipinski definition) is 4. The third kappa shape index (κ3) is 3.87. The van der Waals surface area contributed by atoms with Crippen LogP contribution in [0.3, 0.4) is 0 Å². The van der Waals surface area contributed by atoms with Gasteiger partial charge in [-0.15, -0.1) is 24.8 Å². The molecule has 0 aliphatic rings. The number of alkyl halides is 4. The van der Waals surface area contributed by atoms with Crippen molar-refractivity contribution in [1.29, 1.82) is 0 Å². The second-order valence-electron chi connectivity index (χ2n) is 2.96. The zero-order valence-electron chi connectivity index (χ0n) is 8.85. The third-order valence-electron chi connectivity index (χ3n) is 1.78. The Hall–Kier alpha value is -0.770. The van der Waals surface area contributed by atoms with Gasteiger partial charge < -0.3 is 9.47 Å². The largest absolute Gasteiger partial charge is 0.574 e. The van der Waals surface area contributed by atoms with Crippen LogP contribution in [-0.4, -0.2) is 24.4 Å². The van der Waals surface area contributed by atoms with E-state index < -0.39 is 23.8 Å². The van der Waals surface area contributed by atoms with Gasteiger partial charge in [-0.2, -0.15) is 0 Å². The Morgan fingerprint density at radius 2 is 2.17 bits per heavy atom. The molecule has 18 heavy (non-hydrogen) atoms. The summed E-state index contributed by atoms with van der Waals surface area (Å²) in [6.07, 6.45) is -4.95. The number of hydrogen-bond donors (Lipinski definition) is 0. The van der Waals surface area contributed by atoms with E-state index in [1.807, 2.05) is 0 Å². The Labute approximate surface area is 119 Å². The first kappa shape index (κ1) is 15.3. The lowest BCUT2D eigenvalue weighted by Crippen LogP contribution is -2.21. The normalized spacial score (nSPS) is 11.2. The van der Waals surface area contributed by atoms with Crippen molar-refractivity contribution in [2.45, 2.75) is 12.2 Å². The zero-order chi connectivity index (χ0) is 13.9. The molecule has 0 atom stereocenters. The van der Waals surface area contributed by atoms with Gasteiger partial charge in [-0.05, 0) is 34.2 Å². The molecule has 0 aliphatic heterocycles. The van der Waals surface area contributed by atoms with Gasteiger partial charge in [0.1, 0.15) is 9.26 Å². The maximum Gasteiger partial charge on any atom is 0.574 e. The van der Waals surface area contributed by atoms with Crippen LogP contribution in [-0.2, 0) is 10.6 Å². The van der Waals surface area contributed by atoms with Gasteiger partial charge in [-0.25, -0.2) is 9.78 Å². The van der Waals surface area contributed by atoms with E-state index in [1.54, 1.807) is 22.6 Å². The number of nitrogens with zero attached hydrogens (tertiary/aromatic N) is 1. The van der Waals surface area contributed by atoms with Crippen LogP contribution in [0.2, 0.25) is 0 Å². The molecule has 1 rings (SSSR count). The SMILES string of the molecule is COC(=O)c1c(CCl)cc(I)nc1OC(F)(F)F. The molecule has 0 radical (unpaired) electrons. The fourth-order valence-electron chi connectivity index (χ4n) is 1.15. The van der Waals surface area contributed by atoms with Crippen molar-refractivity contribution in [2.24, 2.45) is 0 Å². The number of pyridine rings is 1. The smallest absolute Gasteiger partial charge is 0.465 e. The molecule has 0 bridgehead atoms. The molecule has 0 fully saturated rings. The maximum atomic E-state index is 12.2. The van der Waals surface area contributed by atoms with Crippen LogP contribution in [0.4, 0.5) is 13.2 Å². The Bertz CT molecular complexity index is 467. The Kier molecular flexibility index (Phi) is 5.02. The molecule has 0 saturated heterocycles. The number of rotatable bonds is 3. The molecule has 9 heteroatoms. The molecule has 100 valence electrons. The van der Waals surface area contributed by atoms with E-state index in [4.69, 9.17) is 11.6 Å². The number of halogens is 5. The van der Waals surface area contributed by atoms with Gasteiger partial charge >= 0.3 is 12.3 Å². The Morgan fingerprint density at radius 3 is 2.61 bits per heavy atom. The van der Waals surface area contributed by atoms with Gasteiger partial charge in [-0.1, -0.05) is 0 Å². The standard InChI is InChI=1S/C9H6ClF3INO3/c1-17-8(16)6-4(3-10)2-5(14)15-7(6)18-9(11,12)13/h2H,3H2,1H3. The van der Waals surface area contributed by atoms with Gasteiger partial charge in [0.25, 0.3) is 0 Å². The minimum Gasteiger partial charge on any atom is -0.465 e. The van der Waals surface area contributed by atoms with Crippen LogP contribution < -0.4 is 4.74 Å². The molecule has 1 aromatic rings. The highest BCUT2D eigenvalue weighted by Crippen LogP contribution is 2.29. The number of carbonyl (C=O) groups excluding carboxylic acids is 1. The maximum absolute atomic E-state index is 12.2. The van der Waals surface area contributed by atoms with Crippen LogP contribution in [0.15, 0.2) is 6.07 Å². The first-order valence-electron chi connectivity index (χ1n) is 4.38. The fourth-order valence-corrected chi connectivity index (χ4v) is 1.95. The summed E-state index contributed by atoms with van der Waals surface area (Å²) in [6.45, 7) is 0. The van der Waals surface area contributed by atoms with Gasteiger partial charge in [-0.3, -0.25) is 0 Å². The van der Waals surface area contributed by atoms with Crippen LogP contribution >= 0.6 is 34.2 Å². The predicted octanol–water partition coefficient (Wildman–Crippen LogP) is 3.11. The molecule has 4 nitrogen and oxygen atoms in total. The summed E-state index contributed by atoms with van der Waals surface area (Å²) < 4.78 is 44.9. The summed E-state index contributed by atoms with van der Waals surface area (Å²) in [4.78, 5) is 15.0. The van der Waals surface area contributed by atoms with Crippen molar-refractivity contribution in [2.75, 3.05) is 7.11 Å². The second-order valence-corrected chi connectivity index (χ2v) is 4.33. The van der Waals surface area contributed by atoms with Gasteiger partial charge in [0.05, 0.1) is 7.11 Å². The lowest BCUT2D eigenvalue weighted by molar-refractivity contribution is -0.276. The molecule has 0 aromatic carbocycles. The van der Waals surface area contributed by atoms with Crippen molar-refractivity contribution < 1.29 is 27.4 Å². The third-order valence-corrected chi connectivity index (χ3v) is 2.62. The van der Waals surface area contributed by atoms with Crippen molar-refractivity contribution in [1.82, 2.24) is 4.98 Å². The van der Waals surface area contributed by atoms with E-state index in [-0.39, 0.29) is 15.1 Å². The quantitative estimate of drug-likeness (QED) is 0.342. The molecule has 0 unspecified atom stereocenters. The highest BCUT2D eigenvalue weighted by Gasteiger charge is 2.35. The summed E-state index contributed by atoms with van der Waals surface area (Å²) in [5.41, 5.74) is -0.271. The number of aromatic nitrogens is 1. The topological polar surface area (TPSA) is 48.4 Å². The van der Waals surface area contributed by atoms with Crippen LogP contribution in [0.25, 0.3) is 0 Å². The molecule has 0 spiro atoms. The zero-order valence-corrected chi connectivity index (χ0v) is 11.8. The summed E-state index contributed by atoms with van der Waals surface area (Å²) in [6, 6.07) is 1.38. The van der Waals surface area contributed by atoms with E-state index in [9.17, 15) is 18.0 Å². The lowest BCUT2D eigenvalue weighted by atomic mass is 10.1. The van der Waals surface area contributed by atoms with E-state index in [1.165, 1.54) is 6.07 Å². The summed E-state index contributed by atoms with van der Waals surface area (Å²) in [7, 11) is 1.04. The van der Waals surface area contributed by atoms with Gasteiger partial charge in [0.2, 0.25) is 5.88 Å². The minimum atomic E-state index is -4.95. The molecule has 0 N–H and O–H groups in total. The number of ether oxygens (including phenoxy) is 2. The monoisotopic (exact) mass is 395 g/mol. The number of carbonyl (C=O) groups is 1. The first-order valence-corrected chi connectivity index (χ1v) is 5.99. The van der Waals surface area contributed by atoms with Crippen LogP contribution in [0.5, 0.6) is 5.88 Å². The van der Waals surface area contributed by atoms with E-state index in [2.05, 4.69) is 14.5 Å². The highest BCUT2D eigenvalue weighted by molar-refractivity contribution is 14.1. The van der Waals surface area contributed by atoms with E-state index >= 15 is 0 Å². The van der Waals surface area contributed by atoms with Gasteiger partial charge in [0, 0.05) is 5.88 Å². The molecule has 0 amide bonds. The molecule has 0 aliphatic carbocycles. The van der Waals surface area contributed by atoms with Crippen molar-refractivity contribution in [3.05, 3.63) is 20.9 Å². The van der Waals surface area contributed by atoms with E-state index in [0.29, 0.717) is 0 Å². The summed E-state index contributed by atoms with van der Waals surface area (Å²) in [5, 5.41) is 0. The number of methoxy groups -OCH3 is 1. The second kappa shape index (κ2) is 5.91. The molecule has 1 aromatic heterocycles. The predicted molar refractivity (Wildman–Crippen MR) is 64.5 cm³/mol. The number of esters is 1. The molecule has 1 heterocycles. The average molecular weight is 396 g/mol. The van der Waals surface area contributed by atoms with Crippen molar-refractivity contribution >= 4 is 40.2 Å². The molecular weight excluding hydrogens is 389 g/mol. The van der Waals surface area contributed by atoms with Crippen LogP contribution in [0.1, 0.15) is 15.9 Å². The average Bonchev–Trinajstić information content (AvgIpc) is 2.25.